The van der Waals surface area contributed by atoms with Gasteiger partial charge in [-0.25, -0.2) is 8.42 Å². The van der Waals surface area contributed by atoms with E-state index in [0.29, 0.717) is 12.2 Å². The van der Waals surface area contributed by atoms with Crippen molar-refractivity contribution in [1.29, 1.82) is 0 Å². The molecule has 0 amide bonds. The highest BCUT2D eigenvalue weighted by Gasteiger charge is 2.28. The molecule has 6 nitrogen and oxygen atoms in total. The van der Waals surface area contributed by atoms with E-state index in [1.54, 1.807) is 20.8 Å². The van der Waals surface area contributed by atoms with E-state index in [-0.39, 0.29) is 12.2 Å². The third-order valence-corrected chi connectivity index (χ3v) is 8.13. The number of sulfonamides is 1. The second-order valence-corrected chi connectivity index (χ2v) is 12.2. The highest BCUT2D eigenvalue weighted by atomic mass is 32.2. The van der Waals surface area contributed by atoms with Crippen LogP contribution in [0.15, 0.2) is 36.4 Å². The van der Waals surface area contributed by atoms with Crippen molar-refractivity contribution in [2.24, 2.45) is 0 Å². The fraction of sp³-hybridized carbons (Fsp3) is 0.520. The minimum absolute atomic E-state index is 0.229. The molecule has 0 radical (unpaired) electrons. The molecule has 2 aromatic carbocycles. The van der Waals surface area contributed by atoms with Gasteiger partial charge in [-0.1, -0.05) is 12.1 Å². The lowest BCUT2D eigenvalue weighted by molar-refractivity contribution is -0.00524. The number of nitrogens with one attached hydrogen (secondary N) is 2. The zero-order valence-electron chi connectivity index (χ0n) is 20.3. The molecule has 32 heavy (non-hydrogen) atoms. The van der Waals surface area contributed by atoms with E-state index in [4.69, 9.17) is 4.74 Å². The fourth-order valence-electron chi connectivity index (χ4n) is 3.91. The first kappa shape index (κ1) is 24.4. The summed E-state index contributed by atoms with van der Waals surface area (Å²) >= 11 is 0. The Bertz CT molecular complexity index is 1030. The van der Waals surface area contributed by atoms with E-state index < -0.39 is 14.8 Å². The average Bonchev–Trinajstić information content (AvgIpc) is 2.68. The lowest BCUT2D eigenvalue weighted by Gasteiger charge is -2.38. The van der Waals surface area contributed by atoms with E-state index >= 15 is 0 Å². The Balaban J connectivity index is 1.66. The van der Waals surface area contributed by atoms with Crippen LogP contribution < -0.4 is 14.9 Å². The standard InChI is InChI=1S/C25H37N3O3S/c1-17-15-28(16-18(2)31-17)24-13-12-23(19(3)20(24)4)26-14-21-8-10-22(11-9-21)27-32(29,30)25(5,6)7/h8-13,17-18,26-27H,14-16H2,1-7H3/t17-,18+. The van der Waals surface area contributed by atoms with Crippen LogP contribution in [0.1, 0.15) is 51.3 Å². The molecule has 1 fully saturated rings. The molecule has 0 bridgehead atoms. The van der Waals surface area contributed by atoms with Gasteiger partial charge < -0.3 is 15.0 Å². The number of hydrogen-bond donors (Lipinski definition) is 2. The number of anilines is 3. The van der Waals surface area contributed by atoms with Gasteiger partial charge in [0, 0.05) is 36.7 Å². The number of benzene rings is 2. The largest absolute Gasteiger partial charge is 0.381 e. The molecule has 1 aliphatic rings. The average molecular weight is 460 g/mol. The van der Waals surface area contributed by atoms with Crippen molar-refractivity contribution in [2.75, 3.05) is 28.0 Å². The maximum absolute atomic E-state index is 12.3. The number of rotatable bonds is 6. The van der Waals surface area contributed by atoms with Crippen LogP contribution >= 0.6 is 0 Å². The zero-order valence-corrected chi connectivity index (χ0v) is 21.1. The minimum atomic E-state index is -3.43. The molecule has 2 atom stereocenters. The van der Waals surface area contributed by atoms with Gasteiger partial charge in [-0.3, -0.25) is 4.72 Å². The predicted octanol–water partition coefficient (Wildman–Crippen LogP) is 5.07. The van der Waals surface area contributed by atoms with Crippen LogP contribution in [0.3, 0.4) is 0 Å². The summed E-state index contributed by atoms with van der Waals surface area (Å²) in [5.74, 6) is 0. The topological polar surface area (TPSA) is 70.7 Å². The van der Waals surface area contributed by atoms with Crippen molar-refractivity contribution in [1.82, 2.24) is 0 Å². The molecule has 0 unspecified atom stereocenters. The Labute approximate surface area is 193 Å². The normalized spacial score (nSPS) is 19.7. The molecule has 1 aliphatic heterocycles. The smallest absolute Gasteiger partial charge is 0.237 e. The Kier molecular flexibility index (Phi) is 7.10. The predicted molar refractivity (Wildman–Crippen MR) is 134 cm³/mol. The van der Waals surface area contributed by atoms with Gasteiger partial charge in [0.2, 0.25) is 10.0 Å². The van der Waals surface area contributed by atoms with Gasteiger partial charge in [-0.05, 0) is 89.4 Å². The maximum Gasteiger partial charge on any atom is 0.237 e. The Morgan fingerprint density at radius 3 is 2.12 bits per heavy atom. The van der Waals surface area contributed by atoms with Crippen molar-refractivity contribution in [3.05, 3.63) is 53.1 Å². The third kappa shape index (κ3) is 5.56. The quantitative estimate of drug-likeness (QED) is 0.631. The lowest BCUT2D eigenvalue weighted by Crippen LogP contribution is -2.45. The second-order valence-electron chi connectivity index (χ2n) is 9.81. The van der Waals surface area contributed by atoms with E-state index in [1.165, 1.54) is 16.8 Å². The van der Waals surface area contributed by atoms with Gasteiger partial charge in [0.25, 0.3) is 0 Å². The Morgan fingerprint density at radius 1 is 0.969 bits per heavy atom. The van der Waals surface area contributed by atoms with E-state index in [1.807, 2.05) is 24.3 Å². The van der Waals surface area contributed by atoms with Crippen molar-refractivity contribution >= 4 is 27.1 Å². The van der Waals surface area contributed by atoms with Crippen LogP contribution in [0.4, 0.5) is 17.1 Å². The highest BCUT2D eigenvalue weighted by molar-refractivity contribution is 7.94. The molecule has 3 rings (SSSR count). The summed E-state index contributed by atoms with van der Waals surface area (Å²) in [5.41, 5.74) is 6.56. The Morgan fingerprint density at radius 2 is 1.56 bits per heavy atom. The molecular formula is C25H37N3O3S. The number of nitrogens with zero attached hydrogens (tertiary/aromatic N) is 1. The van der Waals surface area contributed by atoms with Gasteiger partial charge >= 0.3 is 0 Å². The molecule has 1 saturated heterocycles. The molecule has 0 aliphatic carbocycles. The molecule has 0 spiro atoms. The molecule has 1 heterocycles. The van der Waals surface area contributed by atoms with Gasteiger partial charge in [0.1, 0.15) is 0 Å². The summed E-state index contributed by atoms with van der Waals surface area (Å²) in [6, 6.07) is 11.8. The molecule has 2 aromatic rings. The molecule has 0 aromatic heterocycles. The summed E-state index contributed by atoms with van der Waals surface area (Å²) < 4.78 is 32.3. The van der Waals surface area contributed by atoms with Gasteiger partial charge in [0.05, 0.1) is 17.0 Å². The number of hydrogen-bond acceptors (Lipinski definition) is 5. The first-order valence-corrected chi connectivity index (χ1v) is 12.7. The molecule has 7 heteroatoms. The van der Waals surface area contributed by atoms with Gasteiger partial charge in [-0.2, -0.15) is 0 Å². The van der Waals surface area contributed by atoms with E-state index in [2.05, 4.69) is 54.8 Å². The van der Waals surface area contributed by atoms with Crippen LogP contribution in [0, 0.1) is 13.8 Å². The molecule has 2 N–H and O–H groups in total. The van der Waals surface area contributed by atoms with Crippen LogP contribution in [0.5, 0.6) is 0 Å². The van der Waals surface area contributed by atoms with Gasteiger partial charge in [0.15, 0.2) is 0 Å². The van der Waals surface area contributed by atoms with Crippen LogP contribution in [-0.4, -0.2) is 38.5 Å². The molecule has 0 saturated carbocycles. The van der Waals surface area contributed by atoms with Crippen LogP contribution in [0.25, 0.3) is 0 Å². The first-order valence-electron chi connectivity index (χ1n) is 11.2. The summed E-state index contributed by atoms with van der Waals surface area (Å²) in [6.45, 7) is 16.1. The molecular weight excluding hydrogens is 422 g/mol. The summed E-state index contributed by atoms with van der Waals surface area (Å²) in [4.78, 5) is 2.42. The maximum atomic E-state index is 12.3. The van der Waals surface area contributed by atoms with Crippen LogP contribution in [-0.2, 0) is 21.3 Å². The van der Waals surface area contributed by atoms with E-state index in [9.17, 15) is 8.42 Å². The van der Waals surface area contributed by atoms with Crippen molar-refractivity contribution in [3.8, 4) is 0 Å². The van der Waals surface area contributed by atoms with Crippen LogP contribution in [0.2, 0.25) is 0 Å². The SMILES string of the molecule is Cc1c(NCc2ccc(NS(=O)(=O)C(C)(C)C)cc2)ccc(N2C[C@@H](C)O[C@@H](C)C2)c1C. The van der Waals surface area contributed by atoms with Crippen molar-refractivity contribution < 1.29 is 13.2 Å². The first-order chi connectivity index (χ1) is 14.9. The number of morpholine rings is 1. The highest BCUT2D eigenvalue weighted by Crippen LogP contribution is 2.31. The molecule has 176 valence electrons. The second kappa shape index (κ2) is 9.32. The summed E-state index contributed by atoms with van der Waals surface area (Å²) in [5, 5.41) is 3.53. The Hall–Kier alpha value is -2.25. The summed E-state index contributed by atoms with van der Waals surface area (Å²) in [7, 11) is -3.43. The van der Waals surface area contributed by atoms with E-state index in [0.717, 1.165) is 24.3 Å². The third-order valence-electron chi connectivity index (χ3n) is 6.01. The minimum Gasteiger partial charge on any atom is -0.381 e. The zero-order chi connectivity index (χ0) is 23.7. The number of ether oxygens (including phenoxy) is 1. The van der Waals surface area contributed by atoms with Crippen molar-refractivity contribution in [2.45, 2.75) is 72.0 Å². The van der Waals surface area contributed by atoms with Crippen molar-refractivity contribution in [3.63, 3.8) is 0 Å². The fourth-order valence-corrected chi connectivity index (χ4v) is 4.66. The monoisotopic (exact) mass is 459 g/mol. The lowest BCUT2D eigenvalue weighted by atomic mass is 10.0. The summed E-state index contributed by atoms with van der Waals surface area (Å²) in [6.07, 6.45) is 0.458. The van der Waals surface area contributed by atoms with Gasteiger partial charge in [-0.15, -0.1) is 0 Å².